The summed E-state index contributed by atoms with van der Waals surface area (Å²) in [6, 6.07) is 21.4. The minimum Gasteiger partial charge on any atom is -0.468 e. The maximum Gasteiger partial charge on any atom is 0.325 e. The van der Waals surface area contributed by atoms with Gasteiger partial charge in [-0.05, 0) is 36.4 Å². The lowest BCUT2D eigenvalue weighted by Crippen LogP contribution is -2.30. The molecule has 1 aliphatic heterocycles. The molecule has 0 fully saturated rings. The molecule has 0 aliphatic carbocycles. The summed E-state index contributed by atoms with van der Waals surface area (Å²) < 4.78 is 10.4. The first-order valence-electron chi connectivity index (χ1n) is 9.68. The second-order valence-electron chi connectivity index (χ2n) is 6.94. The van der Waals surface area contributed by atoms with Gasteiger partial charge in [-0.15, -0.1) is 0 Å². The predicted octanol–water partition coefficient (Wildman–Crippen LogP) is 3.47. The Bertz CT molecular complexity index is 1100. The zero-order chi connectivity index (χ0) is 21.8. The molecular formula is C24H20N2O5. The summed E-state index contributed by atoms with van der Waals surface area (Å²) in [5.41, 5.74) is 2.50. The van der Waals surface area contributed by atoms with E-state index in [9.17, 15) is 14.4 Å². The van der Waals surface area contributed by atoms with E-state index in [2.05, 4.69) is 15.4 Å². The number of anilines is 1. The molecule has 1 aliphatic rings. The summed E-state index contributed by atoms with van der Waals surface area (Å²) in [4.78, 5) is 36.5. The molecular weight excluding hydrogens is 396 g/mol. The van der Waals surface area contributed by atoms with Gasteiger partial charge in [-0.25, -0.2) is 0 Å². The van der Waals surface area contributed by atoms with Crippen LogP contribution >= 0.6 is 0 Å². The molecule has 7 heteroatoms. The normalized spacial score (nSPS) is 12.0. The van der Waals surface area contributed by atoms with E-state index in [1.165, 1.54) is 7.11 Å². The zero-order valence-corrected chi connectivity index (χ0v) is 16.8. The van der Waals surface area contributed by atoms with E-state index in [1.807, 2.05) is 48.5 Å². The molecule has 7 nitrogen and oxygen atoms in total. The smallest absolute Gasteiger partial charge is 0.325 e. The fraction of sp³-hybridized carbons (Fsp3) is 0.125. The monoisotopic (exact) mass is 416 g/mol. The summed E-state index contributed by atoms with van der Waals surface area (Å²) in [6.45, 7) is -0.212. The van der Waals surface area contributed by atoms with Crippen LogP contribution < -0.4 is 15.4 Å². The summed E-state index contributed by atoms with van der Waals surface area (Å²) in [5, 5.41) is 5.39. The van der Waals surface area contributed by atoms with Crippen LogP contribution in [-0.2, 0) is 14.3 Å². The Morgan fingerprint density at radius 2 is 1.45 bits per heavy atom. The Morgan fingerprint density at radius 3 is 2.03 bits per heavy atom. The number of para-hydroxylation sites is 2. The average molecular weight is 416 g/mol. The minimum absolute atomic E-state index is 0.203. The highest BCUT2D eigenvalue weighted by atomic mass is 16.5. The van der Waals surface area contributed by atoms with Crippen LogP contribution in [0.2, 0.25) is 0 Å². The Labute approximate surface area is 179 Å². The van der Waals surface area contributed by atoms with E-state index in [4.69, 9.17) is 4.74 Å². The number of benzene rings is 3. The van der Waals surface area contributed by atoms with Crippen molar-refractivity contribution in [3.05, 3.63) is 89.5 Å². The number of ether oxygens (including phenoxy) is 2. The summed E-state index contributed by atoms with van der Waals surface area (Å²) in [6.07, 6.45) is 0. The molecule has 3 aromatic rings. The third kappa shape index (κ3) is 4.25. The summed E-state index contributed by atoms with van der Waals surface area (Å²) in [5.74, 6) is -0.363. The van der Waals surface area contributed by atoms with Crippen LogP contribution in [0.25, 0.3) is 0 Å². The lowest BCUT2D eigenvalue weighted by molar-refractivity contribution is -0.139. The molecule has 0 atom stereocenters. The molecule has 0 aromatic heterocycles. The van der Waals surface area contributed by atoms with Crippen molar-refractivity contribution in [1.29, 1.82) is 0 Å². The fourth-order valence-corrected chi connectivity index (χ4v) is 3.44. The summed E-state index contributed by atoms with van der Waals surface area (Å²) in [7, 11) is 1.25. The van der Waals surface area contributed by atoms with Gasteiger partial charge in [-0.2, -0.15) is 0 Å². The molecule has 0 saturated carbocycles. The van der Waals surface area contributed by atoms with Crippen molar-refractivity contribution in [2.24, 2.45) is 0 Å². The lowest BCUT2D eigenvalue weighted by atomic mass is 9.87. The minimum atomic E-state index is -0.533. The molecule has 0 saturated heterocycles. The third-order valence-corrected chi connectivity index (χ3v) is 4.98. The van der Waals surface area contributed by atoms with Crippen LogP contribution in [0.5, 0.6) is 11.5 Å². The highest BCUT2D eigenvalue weighted by Gasteiger charge is 2.32. The molecule has 1 heterocycles. The van der Waals surface area contributed by atoms with Gasteiger partial charge in [-0.3, -0.25) is 14.4 Å². The van der Waals surface area contributed by atoms with E-state index >= 15 is 0 Å². The second-order valence-corrected chi connectivity index (χ2v) is 6.94. The SMILES string of the molecule is COC(=O)CNC(=O)c1ccc(NC(=O)C2c3ccccc3Oc3ccccc32)cc1. The Morgan fingerprint density at radius 1 is 0.871 bits per heavy atom. The first-order valence-corrected chi connectivity index (χ1v) is 9.68. The average Bonchev–Trinajstić information content (AvgIpc) is 2.81. The van der Waals surface area contributed by atoms with Crippen molar-refractivity contribution < 1.29 is 23.9 Å². The van der Waals surface area contributed by atoms with Gasteiger partial charge < -0.3 is 20.1 Å². The van der Waals surface area contributed by atoms with Gasteiger partial charge in [0.2, 0.25) is 5.91 Å². The number of carbonyl (C=O) groups is 3. The molecule has 3 aromatic carbocycles. The van der Waals surface area contributed by atoms with E-state index in [1.54, 1.807) is 24.3 Å². The number of hydrogen-bond donors (Lipinski definition) is 2. The largest absolute Gasteiger partial charge is 0.468 e. The number of hydrogen-bond acceptors (Lipinski definition) is 5. The van der Waals surface area contributed by atoms with Gasteiger partial charge >= 0.3 is 5.97 Å². The van der Waals surface area contributed by atoms with E-state index in [0.29, 0.717) is 22.7 Å². The Kier molecular flexibility index (Phi) is 5.66. The molecule has 4 rings (SSSR count). The quantitative estimate of drug-likeness (QED) is 0.622. The number of carbonyl (C=O) groups excluding carboxylic acids is 3. The molecule has 0 bridgehead atoms. The van der Waals surface area contributed by atoms with Crippen molar-refractivity contribution in [1.82, 2.24) is 5.32 Å². The van der Waals surface area contributed by atoms with Crippen LogP contribution in [-0.4, -0.2) is 31.4 Å². The van der Waals surface area contributed by atoms with Crippen LogP contribution in [0.3, 0.4) is 0 Å². The molecule has 156 valence electrons. The molecule has 31 heavy (non-hydrogen) atoms. The molecule has 2 amide bonds. The summed E-state index contributed by atoms with van der Waals surface area (Å²) >= 11 is 0. The van der Waals surface area contributed by atoms with Crippen LogP contribution in [0.1, 0.15) is 27.4 Å². The fourth-order valence-electron chi connectivity index (χ4n) is 3.44. The number of rotatable bonds is 5. The van der Waals surface area contributed by atoms with Crippen molar-refractivity contribution in [3.63, 3.8) is 0 Å². The maximum atomic E-state index is 13.2. The molecule has 2 N–H and O–H groups in total. The number of esters is 1. The van der Waals surface area contributed by atoms with Gasteiger partial charge in [0.1, 0.15) is 18.0 Å². The van der Waals surface area contributed by atoms with Crippen molar-refractivity contribution >= 4 is 23.5 Å². The van der Waals surface area contributed by atoms with Gasteiger partial charge in [0.15, 0.2) is 0 Å². The predicted molar refractivity (Wildman–Crippen MR) is 114 cm³/mol. The van der Waals surface area contributed by atoms with Gasteiger partial charge in [0.25, 0.3) is 5.91 Å². The highest BCUT2D eigenvalue weighted by Crippen LogP contribution is 2.44. The maximum absolute atomic E-state index is 13.2. The van der Waals surface area contributed by atoms with Crippen molar-refractivity contribution in [2.75, 3.05) is 19.0 Å². The topological polar surface area (TPSA) is 93.7 Å². The first-order chi connectivity index (χ1) is 15.1. The van der Waals surface area contributed by atoms with E-state index < -0.39 is 17.8 Å². The van der Waals surface area contributed by atoms with Crippen LogP contribution in [0, 0.1) is 0 Å². The third-order valence-electron chi connectivity index (χ3n) is 4.98. The van der Waals surface area contributed by atoms with Gasteiger partial charge in [0, 0.05) is 22.4 Å². The molecule has 0 spiro atoms. The number of fused-ring (bicyclic) bond motifs is 2. The number of methoxy groups -OCH3 is 1. The van der Waals surface area contributed by atoms with Crippen LogP contribution in [0.15, 0.2) is 72.8 Å². The zero-order valence-electron chi connectivity index (χ0n) is 16.8. The number of nitrogens with one attached hydrogen (secondary N) is 2. The molecule has 0 radical (unpaired) electrons. The first kappa shape index (κ1) is 20.2. The van der Waals surface area contributed by atoms with E-state index in [0.717, 1.165) is 11.1 Å². The Hall–Kier alpha value is -4.13. The van der Waals surface area contributed by atoms with Crippen molar-refractivity contribution in [3.8, 4) is 11.5 Å². The lowest BCUT2D eigenvalue weighted by Gasteiger charge is -2.27. The second kappa shape index (κ2) is 8.71. The Balaban J connectivity index is 1.51. The van der Waals surface area contributed by atoms with Crippen molar-refractivity contribution in [2.45, 2.75) is 5.92 Å². The molecule has 0 unspecified atom stereocenters. The highest BCUT2D eigenvalue weighted by molar-refractivity contribution is 6.00. The van der Waals surface area contributed by atoms with Crippen LogP contribution in [0.4, 0.5) is 5.69 Å². The standard InChI is InChI=1S/C24H20N2O5/c1-30-21(27)14-25-23(28)15-10-12-16(13-11-15)26-24(29)22-17-6-2-4-8-19(17)31-20-9-5-3-7-18(20)22/h2-13,22H,14H2,1H3,(H,25,28)(H,26,29). The van der Waals surface area contributed by atoms with Gasteiger partial charge in [0.05, 0.1) is 13.0 Å². The van der Waals surface area contributed by atoms with Gasteiger partial charge in [-0.1, -0.05) is 36.4 Å². The number of amides is 2. The van der Waals surface area contributed by atoms with E-state index in [-0.39, 0.29) is 12.5 Å².